The highest BCUT2D eigenvalue weighted by Crippen LogP contribution is 2.23. The van der Waals surface area contributed by atoms with Crippen molar-refractivity contribution in [2.75, 3.05) is 24.7 Å². The highest BCUT2D eigenvalue weighted by atomic mass is 32.2. The van der Waals surface area contributed by atoms with Crippen molar-refractivity contribution in [2.45, 2.75) is 19.0 Å². The number of nitrogens with one attached hydrogen (secondary N) is 1. The van der Waals surface area contributed by atoms with Crippen LogP contribution in [0.25, 0.3) is 10.9 Å². The molecule has 1 aromatic carbocycles. The van der Waals surface area contributed by atoms with Crippen molar-refractivity contribution in [2.24, 2.45) is 0 Å². The fourth-order valence-corrected chi connectivity index (χ4v) is 4.85. The number of H-pyrrole nitrogens is 1. The molecule has 0 saturated carbocycles. The molecule has 0 spiro atoms. The molecule has 6 heteroatoms. The van der Waals surface area contributed by atoms with Gasteiger partial charge in [0, 0.05) is 36.2 Å². The Morgan fingerprint density at radius 3 is 2.90 bits per heavy atom. The summed E-state index contributed by atoms with van der Waals surface area (Å²) in [6.45, 7) is 1.20. The number of nitrogens with zero attached hydrogens (tertiary/aromatic N) is 1. The van der Waals surface area contributed by atoms with Crippen LogP contribution in [0.15, 0.2) is 30.5 Å². The van der Waals surface area contributed by atoms with Gasteiger partial charge in [-0.2, -0.15) is 0 Å². The summed E-state index contributed by atoms with van der Waals surface area (Å²) in [5.74, 6) is 0.462. The Kier molecular flexibility index (Phi) is 4.01. The summed E-state index contributed by atoms with van der Waals surface area (Å²) in [6.07, 6.45) is 2.57. The van der Waals surface area contributed by atoms with Crippen molar-refractivity contribution in [1.82, 2.24) is 9.88 Å². The molecule has 0 aliphatic carbocycles. The maximum Gasteiger partial charge on any atom is 0.151 e. The predicted octanol–water partition coefficient (Wildman–Crippen LogP) is 1.15. The third-order valence-corrected chi connectivity index (χ3v) is 5.92. The number of rotatable bonds is 5. The van der Waals surface area contributed by atoms with Gasteiger partial charge in [0.05, 0.1) is 18.1 Å². The standard InChI is InChI=1S/C15H20N2O3S/c18-8-7-17(13-5-9-21(19,20)11-13)10-12-2-1-3-15-14(12)4-6-16-15/h1-4,6,13,16,18H,5,7-11H2. The van der Waals surface area contributed by atoms with Gasteiger partial charge in [0.1, 0.15) is 0 Å². The number of hydrogen-bond acceptors (Lipinski definition) is 4. The van der Waals surface area contributed by atoms with Gasteiger partial charge in [-0.15, -0.1) is 0 Å². The lowest BCUT2D eigenvalue weighted by Gasteiger charge is -2.27. The highest BCUT2D eigenvalue weighted by molar-refractivity contribution is 7.91. The molecular weight excluding hydrogens is 288 g/mol. The average Bonchev–Trinajstić information content (AvgIpc) is 3.05. The van der Waals surface area contributed by atoms with Crippen molar-refractivity contribution in [3.63, 3.8) is 0 Å². The van der Waals surface area contributed by atoms with E-state index in [1.54, 1.807) is 0 Å². The van der Waals surface area contributed by atoms with E-state index in [9.17, 15) is 13.5 Å². The SMILES string of the molecule is O=S1(=O)CCC(N(CCO)Cc2cccc3[nH]ccc23)C1. The Morgan fingerprint density at radius 2 is 2.19 bits per heavy atom. The normalized spacial score (nSPS) is 21.3. The van der Waals surface area contributed by atoms with Crippen molar-refractivity contribution in [3.8, 4) is 0 Å². The molecule has 0 amide bonds. The molecule has 1 aliphatic rings. The molecule has 2 N–H and O–H groups in total. The van der Waals surface area contributed by atoms with Crippen LogP contribution in [0.1, 0.15) is 12.0 Å². The third kappa shape index (κ3) is 3.12. The lowest BCUT2D eigenvalue weighted by atomic mass is 10.1. The monoisotopic (exact) mass is 308 g/mol. The maximum absolute atomic E-state index is 11.7. The van der Waals surface area contributed by atoms with Crippen LogP contribution < -0.4 is 0 Å². The van der Waals surface area contributed by atoms with Crippen molar-refractivity contribution >= 4 is 20.7 Å². The first-order valence-electron chi connectivity index (χ1n) is 7.19. The minimum absolute atomic E-state index is 0.0105. The molecule has 5 nitrogen and oxygen atoms in total. The molecule has 0 bridgehead atoms. The molecule has 1 atom stereocenters. The van der Waals surface area contributed by atoms with Crippen LogP contribution in [0.4, 0.5) is 0 Å². The topological polar surface area (TPSA) is 73.4 Å². The molecule has 114 valence electrons. The first-order chi connectivity index (χ1) is 10.1. The molecule has 1 unspecified atom stereocenters. The minimum Gasteiger partial charge on any atom is -0.395 e. The Morgan fingerprint density at radius 1 is 1.33 bits per heavy atom. The second-order valence-electron chi connectivity index (χ2n) is 5.61. The Labute approximate surface area is 124 Å². The second-order valence-corrected chi connectivity index (χ2v) is 7.84. The van der Waals surface area contributed by atoms with Gasteiger partial charge in [0.2, 0.25) is 0 Å². The molecule has 0 radical (unpaired) electrons. The van der Waals surface area contributed by atoms with E-state index in [2.05, 4.69) is 16.0 Å². The molecule has 1 saturated heterocycles. The van der Waals surface area contributed by atoms with E-state index in [1.807, 2.05) is 24.4 Å². The van der Waals surface area contributed by atoms with Gasteiger partial charge in [-0.3, -0.25) is 4.90 Å². The van der Waals surface area contributed by atoms with Crippen LogP contribution >= 0.6 is 0 Å². The van der Waals surface area contributed by atoms with Gasteiger partial charge >= 0.3 is 0 Å². The lowest BCUT2D eigenvalue weighted by Crippen LogP contribution is -2.37. The van der Waals surface area contributed by atoms with Crippen LogP contribution in [-0.4, -0.2) is 54.1 Å². The largest absolute Gasteiger partial charge is 0.395 e. The van der Waals surface area contributed by atoms with E-state index in [-0.39, 0.29) is 24.2 Å². The Hall–Kier alpha value is -1.37. The van der Waals surface area contributed by atoms with Gasteiger partial charge in [0.25, 0.3) is 0 Å². The number of sulfone groups is 1. The summed E-state index contributed by atoms with van der Waals surface area (Å²) < 4.78 is 23.4. The van der Waals surface area contributed by atoms with Gasteiger partial charge in [0.15, 0.2) is 9.84 Å². The van der Waals surface area contributed by atoms with E-state index in [4.69, 9.17) is 0 Å². The maximum atomic E-state index is 11.7. The lowest BCUT2D eigenvalue weighted by molar-refractivity contribution is 0.154. The fourth-order valence-electron chi connectivity index (χ4n) is 3.09. The number of aromatic nitrogens is 1. The third-order valence-electron chi connectivity index (χ3n) is 4.17. The number of aromatic amines is 1. The van der Waals surface area contributed by atoms with E-state index in [1.165, 1.54) is 0 Å². The summed E-state index contributed by atoms with van der Waals surface area (Å²) >= 11 is 0. The molecule has 2 aromatic rings. The first-order valence-corrected chi connectivity index (χ1v) is 9.01. The number of benzene rings is 1. The quantitative estimate of drug-likeness (QED) is 0.869. The zero-order valence-electron chi connectivity index (χ0n) is 11.8. The number of fused-ring (bicyclic) bond motifs is 1. The first kappa shape index (κ1) is 14.6. The molecule has 1 aliphatic heterocycles. The van der Waals surface area contributed by atoms with Crippen LogP contribution in [-0.2, 0) is 16.4 Å². The Bertz CT molecular complexity index is 723. The van der Waals surface area contributed by atoms with Crippen LogP contribution in [0, 0.1) is 0 Å². The molecular formula is C15H20N2O3S. The fraction of sp³-hybridized carbons (Fsp3) is 0.467. The molecule has 2 heterocycles. The summed E-state index contributed by atoms with van der Waals surface area (Å²) in [5.41, 5.74) is 2.24. The highest BCUT2D eigenvalue weighted by Gasteiger charge is 2.32. The minimum atomic E-state index is -2.91. The van der Waals surface area contributed by atoms with E-state index < -0.39 is 9.84 Å². The van der Waals surface area contributed by atoms with Crippen molar-refractivity contribution in [3.05, 3.63) is 36.0 Å². The zero-order valence-corrected chi connectivity index (χ0v) is 12.6. The van der Waals surface area contributed by atoms with Gasteiger partial charge in [-0.1, -0.05) is 12.1 Å². The smallest absolute Gasteiger partial charge is 0.151 e. The van der Waals surface area contributed by atoms with E-state index in [0.717, 1.165) is 16.5 Å². The van der Waals surface area contributed by atoms with Gasteiger partial charge in [-0.05, 0) is 24.1 Å². The zero-order chi connectivity index (χ0) is 14.9. The summed E-state index contributed by atoms with van der Waals surface area (Å²) in [7, 11) is -2.91. The van der Waals surface area contributed by atoms with Crippen LogP contribution in [0.2, 0.25) is 0 Å². The summed E-state index contributed by atoms with van der Waals surface area (Å²) in [6, 6.07) is 8.12. The average molecular weight is 308 g/mol. The van der Waals surface area contributed by atoms with Gasteiger partial charge < -0.3 is 10.1 Å². The molecule has 1 aromatic heterocycles. The van der Waals surface area contributed by atoms with Gasteiger partial charge in [-0.25, -0.2) is 8.42 Å². The van der Waals surface area contributed by atoms with Crippen molar-refractivity contribution in [1.29, 1.82) is 0 Å². The van der Waals surface area contributed by atoms with Crippen LogP contribution in [0.3, 0.4) is 0 Å². The number of hydrogen-bond donors (Lipinski definition) is 2. The Balaban J connectivity index is 1.84. The number of aliphatic hydroxyl groups is 1. The van der Waals surface area contributed by atoms with Crippen molar-refractivity contribution < 1.29 is 13.5 Å². The summed E-state index contributed by atoms with van der Waals surface area (Å²) in [5, 5.41) is 10.4. The predicted molar refractivity (Wildman–Crippen MR) is 82.9 cm³/mol. The van der Waals surface area contributed by atoms with Crippen LogP contribution in [0.5, 0.6) is 0 Å². The second kappa shape index (κ2) is 5.79. The van der Waals surface area contributed by atoms with E-state index >= 15 is 0 Å². The molecule has 1 fully saturated rings. The summed E-state index contributed by atoms with van der Waals surface area (Å²) in [4.78, 5) is 5.27. The number of aliphatic hydroxyl groups excluding tert-OH is 1. The molecule has 21 heavy (non-hydrogen) atoms. The van der Waals surface area contributed by atoms with E-state index in [0.29, 0.717) is 19.5 Å². The molecule has 3 rings (SSSR count).